The maximum absolute atomic E-state index is 10.7. The minimum Gasteiger partial charge on any atom is -0.460 e. The van der Waals surface area contributed by atoms with Crippen molar-refractivity contribution in [3.05, 3.63) is 47.3 Å². The fraction of sp³-hybridized carbons (Fsp3) is 0.375. The Morgan fingerprint density at radius 1 is 0.739 bits per heavy atom. The van der Waals surface area contributed by atoms with Crippen LogP contribution in [0.3, 0.4) is 0 Å². The van der Waals surface area contributed by atoms with Crippen molar-refractivity contribution in [1.82, 2.24) is 0 Å². The lowest BCUT2D eigenvalue weighted by molar-refractivity contribution is -0.143. The standard InChI is InChI=1S/C16H18O7/c1-11(17)20-9-15-5-3-13(22-15)7-19-8-14-4-6-16(23-14)10-21-12(2)18/h3-6H,7-10H2,1-2H3. The quantitative estimate of drug-likeness (QED) is 0.690. The van der Waals surface area contributed by atoms with E-state index in [1.807, 2.05) is 0 Å². The van der Waals surface area contributed by atoms with Gasteiger partial charge in [-0.05, 0) is 24.3 Å². The highest BCUT2D eigenvalue weighted by molar-refractivity contribution is 5.66. The Morgan fingerprint density at radius 3 is 1.43 bits per heavy atom. The van der Waals surface area contributed by atoms with E-state index >= 15 is 0 Å². The monoisotopic (exact) mass is 322 g/mol. The fourth-order valence-electron chi connectivity index (χ4n) is 1.75. The molecule has 0 fully saturated rings. The molecule has 0 bridgehead atoms. The molecule has 0 aromatic carbocycles. The Labute approximate surface area is 133 Å². The van der Waals surface area contributed by atoms with E-state index in [0.717, 1.165) is 0 Å². The number of rotatable bonds is 8. The number of carbonyl (C=O) groups excluding carboxylic acids is 2. The van der Waals surface area contributed by atoms with E-state index in [9.17, 15) is 9.59 Å². The average Bonchev–Trinajstić information content (AvgIpc) is 3.12. The van der Waals surface area contributed by atoms with Crippen LogP contribution in [-0.4, -0.2) is 11.9 Å². The second kappa shape index (κ2) is 8.19. The minimum atomic E-state index is -0.360. The zero-order valence-corrected chi connectivity index (χ0v) is 13.0. The molecule has 7 nitrogen and oxygen atoms in total. The molecule has 0 aliphatic carbocycles. The van der Waals surface area contributed by atoms with Crippen molar-refractivity contribution in [2.45, 2.75) is 40.3 Å². The summed E-state index contributed by atoms with van der Waals surface area (Å²) in [6, 6.07) is 6.97. The van der Waals surface area contributed by atoms with Crippen LogP contribution >= 0.6 is 0 Å². The van der Waals surface area contributed by atoms with Gasteiger partial charge in [-0.25, -0.2) is 0 Å². The first-order chi connectivity index (χ1) is 11.0. The average molecular weight is 322 g/mol. The first kappa shape index (κ1) is 16.8. The number of hydrogen-bond acceptors (Lipinski definition) is 7. The Morgan fingerprint density at radius 2 is 1.09 bits per heavy atom. The Balaban J connectivity index is 1.72. The molecule has 0 aliphatic rings. The van der Waals surface area contributed by atoms with Crippen molar-refractivity contribution in [3.8, 4) is 0 Å². The largest absolute Gasteiger partial charge is 0.460 e. The topological polar surface area (TPSA) is 88.1 Å². The van der Waals surface area contributed by atoms with Gasteiger partial charge in [0, 0.05) is 13.8 Å². The molecule has 0 unspecified atom stereocenters. The molecule has 0 radical (unpaired) electrons. The third kappa shape index (κ3) is 5.99. The molecular formula is C16H18O7. The summed E-state index contributed by atoms with van der Waals surface area (Å²) in [4.78, 5) is 21.4. The van der Waals surface area contributed by atoms with Crippen LogP contribution in [0, 0.1) is 0 Å². The highest BCUT2D eigenvalue weighted by Crippen LogP contribution is 2.14. The molecule has 0 N–H and O–H groups in total. The second-order valence-corrected chi connectivity index (χ2v) is 4.79. The number of ether oxygens (including phenoxy) is 3. The summed E-state index contributed by atoms with van der Waals surface area (Å²) in [6.07, 6.45) is 0. The highest BCUT2D eigenvalue weighted by Gasteiger charge is 2.07. The molecule has 2 aromatic heterocycles. The van der Waals surface area contributed by atoms with Gasteiger partial charge in [0.1, 0.15) is 49.5 Å². The van der Waals surface area contributed by atoms with E-state index in [2.05, 4.69) is 0 Å². The molecule has 2 rings (SSSR count). The van der Waals surface area contributed by atoms with Crippen LogP contribution in [0.15, 0.2) is 33.1 Å². The molecule has 0 aliphatic heterocycles. The van der Waals surface area contributed by atoms with Crippen molar-refractivity contribution in [2.24, 2.45) is 0 Å². The number of carbonyl (C=O) groups is 2. The molecule has 0 saturated heterocycles. The van der Waals surface area contributed by atoms with Gasteiger partial charge in [0.15, 0.2) is 0 Å². The molecule has 0 amide bonds. The number of esters is 2. The van der Waals surface area contributed by atoms with Gasteiger partial charge in [0.05, 0.1) is 0 Å². The molecule has 2 aromatic rings. The Bertz CT molecular complexity index is 597. The van der Waals surface area contributed by atoms with E-state index in [1.165, 1.54) is 13.8 Å². The minimum absolute atomic E-state index is 0.104. The summed E-state index contributed by atoms with van der Waals surface area (Å²) >= 11 is 0. The first-order valence-electron chi connectivity index (χ1n) is 7.02. The molecule has 7 heteroatoms. The Kier molecular flexibility index (Phi) is 5.99. The highest BCUT2D eigenvalue weighted by atomic mass is 16.5. The SMILES string of the molecule is CC(=O)OCc1ccc(COCc2ccc(COC(C)=O)o2)o1. The zero-order chi connectivity index (χ0) is 16.7. The van der Waals surface area contributed by atoms with Gasteiger partial charge >= 0.3 is 11.9 Å². The number of hydrogen-bond donors (Lipinski definition) is 0. The summed E-state index contributed by atoms with van der Waals surface area (Å²) in [6.45, 7) is 3.41. The van der Waals surface area contributed by atoms with Gasteiger partial charge in [-0.1, -0.05) is 0 Å². The van der Waals surface area contributed by atoms with Crippen LogP contribution < -0.4 is 0 Å². The van der Waals surface area contributed by atoms with Gasteiger partial charge in [-0.2, -0.15) is 0 Å². The molecular weight excluding hydrogens is 304 g/mol. The van der Waals surface area contributed by atoms with Crippen LogP contribution in [0.1, 0.15) is 36.9 Å². The predicted molar refractivity (Wildman–Crippen MR) is 76.8 cm³/mol. The van der Waals surface area contributed by atoms with Gasteiger partial charge in [0.2, 0.25) is 0 Å². The third-order valence-electron chi connectivity index (χ3n) is 2.76. The lowest BCUT2D eigenvalue weighted by Gasteiger charge is -2.01. The van der Waals surface area contributed by atoms with Crippen molar-refractivity contribution < 1.29 is 32.6 Å². The summed E-state index contributed by atoms with van der Waals surface area (Å²) in [5, 5.41) is 0. The van der Waals surface area contributed by atoms with Gasteiger partial charge in [0.25, 0.3) is 0 Å². The van der Waals surface area contributed by atoms with Gasteiger partial charge < -0.3 is 23.0 Å². The third-order valence-corrected chi connectivity index (χ3v) is 2.76. The fourth-order valence-corrected chi connectivity index (χ4v) is 1.75. The molecule has 23 heavy (non-hydrogen) atoms. The van der Waals surface area contributed by atoms with Crippen molar-refractivity contribution in [3.63, 3.8) is 0 Å². The van der Waals surface area contributed by atoms with Gasteiger partial charge in [-0.15, -0.1) is 0 Å². The smallest absolute Gasteiger partial charge is 0.303 e. The molecule has 0 spiro atoms. The molecule has 124 valence electrons. The van der Waals surface area contributed by atoms with E-state index in [4.69, 9.17) is 23.0 Å². The second-order valence-electron chi connectivity index (χ2n) is 4.79. The van der Waals surface area contributed by atoms with Crippen molar-refractivity contribution in [2.75, 3.05) is 0 Å². The van der Waals surface area contributed by atoms with Crippen molar-refractivity contribution >= 4 is 11.9 Å². The van der Waals surface area contributed by atoms with Crippen LogP contribution in [0.2, 0.25) is 0 Å². The van der Waals surface area contributed by atoms with Gasteiger partial charge in [-0.3, -0.25) is 9.59 Å². The van der Waals surface area contributed by atoms with Crippen LogP contribution in [0.5, 0.6) is 0 Å². The maximum Gasteiger partial charge on any atom is 0.303 e. The van der Waals surface area contributed by atoms with E-state index in [0.29, 0.717) is 23.0 Å². The van der Waals surface area contributed by atoms with Crippen molar-refractivity contribution in [1.29, 1.82) is 0 Å². The lowest BCUT2D eigenvalue weighted by Crippen LogP contribution is -1.97. The van der Waals surface area contributed by atoms with E-state index < -0.39 is 0 Å². The van der Waals surface area contributed by atoms with Crippen LogP contribution in [0.4, 0.5) is 0 Å². The summed E-state index contributed by atoms with van der Waals surface area (Å²) in [5.74, 6) is 1.64. The maximum atomic E-state index is 10.7. The lowest BCUT2D eigenvalue weighted by atomic mass is 10.4. The first-order valence-corrected chi connectivity index (χ1v) is 7.02. The normalized spacial score (nSPS) is 10.5. The number of furan rings is 2. The van der Waals surface area contributed by atoms with Crippen LogP contribution in [-0.2, 0) is 50.2 Å². The molecule has 0 saturated carbocycles. The Hall–Kier alpha value is -2.54. The predicted octanol–water partition coefficient (Wildman–Crippen LogP) is 2.72. The molecule has 2 heterocycles. The zero-order valence-electron chi connectivity index (χ0n) is 13.0. The summed E-state index contributed by atoms with van der Waals surface area (Å²) < 4.78 is 26.1. The summed E-state index contributed by atoms with van der Waals surface area (Å²) in [7, 11) is 0. The summed E-state index contributed by atoms with van der Waals surface area (Å²) in [5.41, 5.74) is 0. The van der Waals surface area contributed by atoms with E-state index in [-0.39, 0.29) is 38.4 Å². The van der Waals surface area contributed by atoms with Crippen LogP contribution in [0.25, 0.3) is 0 Å². The van der Waals surface area contributed by atoms with E-state index in [1.54, 1.807) is 24.3 Å². The molecule has 0 atom stereocenters.